The Balaban J connectivity index is 1.55. The number of aryl methyl sites for hydroxylation is 2. The van der Waals surface area contributed by atoms with Gasteiger partial charge < -0.3 is 14.2 Å². The van der Waals surface area contributed by atoms with Gasteiger partial charge in [-0.2, -0.15) is 0 Å². The zero-order valence-corrected chi connectivity index (χ0v) is 17.6. The molecule has 31 heavy (non-hydrogen) atoms. The average Bonchev–Trinajstić information content (AvgIpc) is 3.05. The fourth-order valence-corrected chi connectivity index (χ4v) is 3.37. The van der Waals surface area contributed by atoms with Crippen molar-refractivity contribution in [3.8, 4) is 17.2 Å². The molecule has 0 aromatic heterocycles. The number of ether oxygens (including phenoxy) is 3. The molecule has 0 saturated carbocycles. The van der Waals surface area contributed by atoms with Gasteiger partial charge in [0.25, 0.3) is 0 Å². The number of carbonyl (C=O) groups excluding carboxylic acids is 2. The van der Waals surface area contributed by atoms with E-state index in [2.05, 4.69) is 0 Å². The number of ketones is 1. The lowest BCUT2D eigenvalue weighted by Gasteiger charge is -2.08. The summed E-state index contributed by atoms with van der Waals surface area (Å²) in [5, 5.41) is 0. The quantitative estimate of drug-likeness (QED) is 0.312. The Kier molecular flexibility index (Phi) is 5.58. The first kappa shape index (κ1) is 20.4. The molecule has 1 aliphatic rings. The SMILES string of the molecule is CCOc1ccc(/C=C2\Oc3cc(OC(=O)c4ccc(C)cc4)cc(C)c3C2=O)cc1. The minimum atomic E-state index is -0.464. The smallest absolute Gasteiger partial charge is 0.343 e. The molecule has 0 spiro atoms. The van der Waals surface area contributed by atoms with Crippen molar-refractivity contribution in [3.63, 3.8) is 0 Å². The minimum Gasteiger partial charge on any atom is -0.494 e. The summed E-state index contributed by atoms with van der Waals surface area (Å²) in [6.07, 6.45) is 1.69. The van der Waals surface area contributed by atoms with Crippen LogP contribution in [-0.4, -0.2) is 18.4 Å². The van der Waals surface area contributed by atoms with Gasteiger partial charge in [-0.15, -0.1) is 0 Å². The molecule has 4 rings (SSSR count). The molecule has 0 unspecified atom stereocenters. The number of fused-ring (bicyclic) bond motifs is 1. The van der Waals surface area contributed by atoms with Crippen molar-refractivity contribution < 1.29 is 23.8 Å². The molecular formula is C26H22O5. The molecule has 0 saturated heterocycles. The molecule has 0 N–H and O–H groups in total. The third-order valence-electron chi connectivity index (χ3n) is 4.93. The van der Waals surface area contributed by atoms with E-state index < -0.39 is 5.97 Å². The van der Waals surface area contributed by atoms with Crippen LogP contribution >= 0.6 is 0 Å². The second-order valence-electron chi connectivity index (χ2n) is 7.31. The van der Waals surface area contributed by atoms with E-state index in [0.29, 0.717) is 34.8 Å². The van der Waals surface area contributed by atoms with Crippen LogP contribution in [0.1, 0.15) is 44.3 Å². The highest BCUT2D eigenvalue weighted by atomic mass is 16.5. The molecule has 1 heterocycles. The summed E-state index contributed by atoms with van der Waals surface area (Å²) in [6.45, 7) is 6.26. The Morgan fingerprint density at radius 3 is 2.35 bits per heavy atom. The summed E-state index contributed by atoms with van der Waals surface area (Å²) < 4.78 is 16.8. The van der Waals surface area contributed by atoms with E-state index in [1.165, 1.54) is 0 Å². The number of allylic oxidation sites excluding steroid dienone is 1. The molecule has 0 fully saturated rings. The van der Waals surface area contributed by atoms with E-state index in [4.69, 9.17) is 14.2 Å². The number of hydrogen-bond acceptors (Lipinski definition) is 5. The zero-order valence-electron chi connectivity index (χ0n) is 17.6. The first-order valence-electron chi connectivity index (χ1n) is 10.0. The number of hydrogen-bond donors (Lipinski definition) is 0. The highest BCUT2D eigenvalue weighted by molar-refractivity contribution is 6.15. The van der Waals surface area contributed by atoms with E-state index in [-0.39, 0.29) is 11.5 Å². The van der Waals surface area contributed by atoms with Gasteiger partial charge >= 0.3 is 5.97 Å². The molecule has 3 aromatic carbocycles. The fraction of sp³-hybridized carbons (Fsp3) is 0.154. The van der Waals surface area contributed by atoms with Crippen LogP contribution in [0.3, 0.4) is 0 Å². The lowest BCUT2D eigenvalue weighted by Crippen LogP contribution is -2.08. The highest BCUT2D eigenvalue weighted by Gasteiger charge is 2.30. The number of benzene rings is 3. The fourth-order valence-electron chi connectivity index (χ4n) is 3.37. The Labute approximate surface area is 180 Å². The van der Waals surface area contributed by atoms with Crippen LogP contribution < -0.4 is 14.2 Å². The molecule has 5 heteroatoms. The molecule has 0 atom stereocenters. The van der Waals surface area contributed by atoms with Gasteiger partial charge in [0.1, 0.15) is 17.2 Å². The molecule has 156 valence electrons. The van der Waals surface area contributed by atoms with Crippen LogP contribution in [0.5, 0.6) is 17.2 Å². The van der Waals surface area contributed by atoms with Crippen molar-refractivity contribution in [1.29, 1.82) is 0 Å². The largest absolute Gasteiger partial charge is 0.494 e. The van der Waals surface area contributed by atoms with Gasteiger partial charge in [0, 0.05) is 6.07 Å². The summed E-state index contributed by atoms with van der Waals surface area (Å²) in [7, 11) is 0. The third-order valence-corrected chi connectivity index (χ3v) is 4.93. The summed E-state index contributed by atoms with van der Waals surface area (Å²) in [5.74, 6) is 1.05. The predicted molar refractivity (Wildman–Crippen MR) is 118 cm³/mol. The van der Waals surface area contributed by atoms with Crippen molar-refractivity contribution in [2.45, 2.75) is 20.8 Å². The molecule has 0 aliphatic carbocycles. The van der Waals surface area contributed by atoms with E-state index in [1.807, 2.05) is 50.2 Å². The van der Waals surface area contributed by atoms with E-state index in [0.717, 1.165) is 16.9 Å². The zero-order chi connectivity index (χ0) is 22.0. The van der Waals surface area contributed by atoms with Gasteiger partial charge in [-0.3, -0.25) is 4.79 Å². The number of Topliss-reactive ketones (excluding diaryl/α,β-unsaturated/α-hetero) is 1. The van der Waals surface area contributed by atoms with Crippen molar-refractivity contribution in [3.05, 3.63) is 94.2 Å². The van der Waals surface area contributed by atoms with Crippen molar-refractivity contribution >= 4 is 17.8 Å². The van der Waals surface area contributed by atoms with Crippen molar-refractivity contribution in [2.24, 2.45) is 0 Å². The third kappa shape index (κ3) is 4.36. The van der Waals surface area contributed by atoms with Gasteiger partial charge in [0.05, 0.1) is 17.7 Å². The van der Waals surface area contributed by atoms with Gasteiger partial charge in [-0.25, -0.2) is 4.79 Å². The van der Waals surface area contributed by atoms with Crippen molar-refractivity contribution in [1.82, 2.24) is 0 Å². The van der Waals surface area contributed by atoms with Crippen LogP contribution in [0.2, 0.25) is 0 Å². The normalized spacial score (nSPS) is 13.6. The van der Waals surface area contributed by atoms with E-state index >= 15 is 0 Å². The number of esters is 1. The minimum absolute atomic E-state index is 0.196. The maximum atomic E-state index is 12.9. The number of carbonyl (C=O) groups is 2. The molecular weight excluding hydrogens is 392 g/mol. The monoisotopic (exact) mass is 414 g/mol. The van der Waals surface area contributed by atoms with Crippen LogP contribution in [0, 0.1) is 13.8 Å². The summed E-state index contributed by atoms with van der Waals surface area (Å²) in [5.41, 5.74) is 3.50. The van der Waals surface area contributed by atoms with Gasteiger partial charge in [0.15, 0.2) is 5.76 Å². The Morgan fingerprint density at radius 1 is 0.968 bits per heavy atom. The van der Waals surface area contributed by atoms with Crippen LogP contribution in [0.4, 0.5) is 0 Å². The Morgan fingerprint density at radius 2 is 1.68 bits per heavy atom. The van der Waals surface area contributed by atoms with Crippen LogP contribution in [0.15, 0.2) is 66.4 Å². The van der Waals surface area contributed by atoms with Gasteiger partial charge in [-0.05, 0) is 68.3 Å². The van der Waals surface area contributed by atoms with Crippen molar-refractivity contribution in [2.75, 3.05) is 6.61 Å². The van der Waals surface area contributed by atoms with Gasteiger partial charge in [-0.1, -0.05) is 29.8 Å². The molecule has 0 amide bonds. The summed E-state index contributed by atoms with van der Waals surface area (Å²) >= 11 is 0. The van der Waals surface area contributed by atoms with Gasteiger partial charge in [0.2, 0.25) is 5.78 Å². The second-order valence-corrected chi connectivity index (χ2v) is 7.31. The predicted octanol–water partition coefficient (Wildman–Crippen LogP) is 5.54. The first-order valence-corrected chi connectivity index (χ1v) is 10.0. The summed E-state index contributed by atoms with van der Waals surface area (Å²) in [4.78, 5) is 25.3. The maximum Gasteiger partial charge on any atom is 0.343 e. The van der Waals surface area contributed by atoms with E-state index in [1.54, 1.807) is 37.3 Å². The topological polar surface area (TPSA) is 61.8 Å². The summed E-state index contributed by atoms with van der Waals surface area (Å²) in [6, 6.07) is 17.8. The lowest BCUT2D eigenvalue weighted by atomic mass is 10.0. The Hall–Kier alpha value is -3.86. The second kappa shape index (κ2) is 8.48. The highest BCUT2D eigenvalue weighted by Crippen LogP contribution is 2.37. The average molecular weight is 414 g/mol. The molecule has 1 aliphatic heterocycles. The lowest BCUT2D eigenvalue weighted by molar-refractivity contribution is 0.0734. The van der Waals surface area contributed by atoms with Crippen LogP contribution in [0.25, 0.3) is 6.08 Å². The maximum absolute atomic E-state index is 12.9. The standard InChI is InChI=1S/C26H22O5/c1-4-29-20-11-7-18(8-12-20)14-23-25(27)24-17(3)13-21(15-22(24)31-23)30-26(28)19-9-5-16(2)6-10-19/h5-15H,4H2,1-3H3/b23-14-. The molecule has 0 bridgehead atoms. The van der Waals surface area contributed by atoms with Crippen LogP contribution in [-0.2, 0) is 0 Å². The molecule has 5 nitrogen and oxygen atoms in total. The molecule has 0 radical (unpaired) electrons. The Bertz CT molecular complexity index is 1170. The molecule has 3 aromatic rings. The first-order chi connectivity index (χ1) is 14.9. The number of rotatable bonds is 5. The van der Waals surface area contributed by atoms with E-state index in [9.17, 15) is 9.59 Å².